The predicted molar refractivity (Wildman–Crippen MR) is 103 cm³/mol. The van der Waals surface area contributed by atoms with Gasteiger partial charge in [-0.1, -0.05) is 42.4 Å². The van der Waals surface area contributed by atoms with E-state index in [0.29, 0.717) is 5.15 Å². The van der Waals surface area contributed by atoms with E-state index in [4.69, 9.17) is 11.6 Å². The van der Waals surface area contributed by atoms with Gasteiger partial charge in [-0.25, -0.2) is 20.4 Å². The fourth-order valence-corrected chi connectivity index (χ4v) is 3.22. The van der Waals surface area contributed by atoms with Gasteiger partial charge in [0.1, 0.15) is 11.0 Å². The molecule has 0 amide bonds. The summed E-state index contributed by atoms with van der Waals surface area (Å²) in [5, 5.41) is 4.37. The Balaban J connectivity index is 2.50. The summed E-state index contributed by atoms with van der Waals surface area (Å²) in [5.74, 6) is 1.59. The van der Waals surface area contributed by atoms with Crippen molar-refractivity contribution in [2.24, 2.45) is 4.99 Å². The molecule has 0 radical (unpaired) electrons. The number of nitrogens with one attached hydrogen (secondary N) is 1. The highest BCUT2D eigenvalue weighted by Gasteiger charge is 2.22. The maximum absolute atomic E-state index is 6.45. The normalized spacial score (nSPS) is 16.5. The number of fused-ring (bicyclic) bond motifs is 1. The molecule has 0 spiro atoms. The molecule has 0 atom stereocenters. The molecule has 1 N–H and O–H groups in total. The predicted octanol–water partition coefficient (Wildman–Crippen LogP) is 4.99. The minimum Gasteiger partial charge on any atom is -0.242 e. The molecule has 0 saturated carbocycles. The van der Waals surface area contributed by atoms with Crippen LogP contribution in [0.3, 0.4) is 0 Å². The lowest BCUT2D eigenvalue weighted by molar-refractivity contribution is 0.756. The molecule has 1 aliphatic heterocycles. The third-order valence-electron chi connectivity index (χ3n) is 3.23. The number of rotatable bonds is 5. The van der Waals surface area contributed by atoms with Gasteiger partial charge in [0.2, 0.25) is 0 Å². The van der Waals surface area contributed by atoms with E-state index in [9.17, 15) is 0 Å². The molecule has 0 aliphatic carbocycles. The average molecular weight is 349 g/mol. The Hall–Kier alpha value is -1.56. The second-order valence-electron chi connectivity index (χ2n) is 4.77. The summed E-state index contributed by atoms with van der Waals surface area (Å²) >= 11 is 8.08. The smallest absolute Gasteiger partial charge is 0.159 e. The number of aliphatic imine (C=N–C) groups is 1. The standard InChI is InChI=1S/C17H21ClN4S/c1-5-8-15-20-11-12-10-13(14(7-3)23-9-6-2)16(18)21-17(12)22(15)19-4/h6-11,19H,5H2,1-4H3. The molecule has 0 fully saturated rings. The second kappa shape index (κ2) is 8.34. The van der Waals surface area contributed by atoms with E-state index in [-0.39, 0.29) is 0 Å². The Morgan fingerprint density at radius 3 is 2.83 bits per heavy atom. The first-order chi connectivity index (χ1) is 11.2. The van der Waals surface area contributed by atoms with E-state index in [2.05, 4.69) is 22.3 Å². The molecule has 0 aromatic carbocycles. The van der Waals surface area contributed by atoms with E-state index in [1.807, 2.05) is 61.8 Å². The van der Waals surface area contributed by atoms with Crippen molar-refractivity contribution in [1.82, 2.24) is 10.4 Å². The van der Waals surface area contributed by atoms with Gasteiger partial charge in [-0.05, 0) is 37.8 Å². The fraction of sp³-hybridized carbons (Fsp3) is 0.294. The lowest BCUT2D eigenvalue weighted by Gasteiger charge is -2.27. The number of hydrazine groups is 1. The molecule has 2 heterocycles. The monoisotopic (exact) mass is 348 g/mol. The van der Waals surface area contributed by atoms with Crippen molar-refractivity contribution in [3.63, 3.8) is 0 Å². The van der Waals surface area contributed by atoms with Crippen LogP contribution >= 0.6 is 23.4 Å². The van der Waals surface area contributed by atoms with Crippen LogP contribution in [0.5, 0.6) is 0 Å². The second-order valence-corrected chi connectivity index (χ2v) is 6.07. The zero-order chi connectivity index (χ0) is 16.8. The molecule has 0 unspecified atom stereocenters. The Labute approximate surface area is 147 Å². The summed E-state index contributed by atoms with van der Waals surface area (Å²) < 4.78 is 0. The summed E-state index contributed by atoms with van der Waals surface area (Å²) in [5.41, 5.74) is 4.97. The van der Waals surface area contributed by atoms with E-state index in [1.165, 1.54) is 0 Å². The Bertz CT molecular complexity index is 692. The summed E-state index contributed by atoms with van der Waals surface area (Å²) in [6.07, 6.45) is 8.82. The van der Waals surface area contributed by atoms with Crippen molar-refractivity contribution >= 4 is 40.3 Å². The van der Waals surface area contributed by atoms with Crippen LogP contribution in [0, 0.1) is 0 Å². The number of thioether (sulfide) groups is 1. The van der Waals surface area contributed by atoms with Gasteiger partial charge in [-0.3, -0.25) is 0 Å². The van der Waals surface area contributed by atoms with Gasteiger partial charge in [-0.15, -0.1) is 0 Å². The van der Waals surface area contributed by atoms with Crippen LogP contribution in [0.15, 0.2) is 40.5 Å². The van der Waals surface area contributed by atoms with Crippen LogP contribution in [0.25, 0.3) is 4.91 Å². The highest BCUT2D eigenvalue weighted by molar-refractivity contribution is 8.10. The Morgan fingerprint density at radius 1 is 1.43 bits per heavy atom. The number of allylic oxidation sites excluding steroid dienone is 3. The molecule has 4 nitrogen and oxygen atoms in total. The van der Waals surface area contributed by atoms with E-state index >= 15 is 0 Å². The van der Waals surface area contributed by atoms with Crippen molar-refractivity contribution < 1.29 is 0 Å². The van der Waals surface area contributed by atoms with Crippen LogP contribution in [0.2, 0.25) is 5.15 Å². The first kappa shape index (κ1) is 17.8. The number of aromatic nitrogens is 1. The van der Waals surface area contributed by atoms with Crippen molar-refractivity contribution in [2.45, 2.75) is 27.2 Å². The molecule has 1 aromatic rings. The molecule has 6 heteroatoms. The van der Waals surface area contributed by atoms with Crippen LogP contribution < -0.4 is 10.4 Å². The number of nitrogens with zero attached hydrogens (tertiary/aromatic N) is 3. The van der Waals surface area contributed by atoms with Gasteiger partial charge < -0.3 is 0 Å². The SMILES string of the molecule is CC=CSC(=CC)c1cc2c(nc1Cl)N(NC)C(=CCC)N=C2. The van der Waals surface area contributed by atoms with Crippen LogP contribution in [0.1, 0.15) is 38.3 Å². The zero-order valence-corrected chi connectivity index (χ0v) is 15.4. The maximum Gasteiger partial charge on any atom is 0.159 e. The third-order valence-corrected chi connectivity index (χ3v) is 4.64. The number of halogens is 1. The lowest BCUT2D eigenvalue weighted by atomic mass is 10.1. The minimum atomic E-state index is 0.486. The topological polar surface area (TPSA) is 40.5 Å². The van der Waals surface area contributed by atoms with Gasteiger partial charge in [-0.2, -0.15) is 0 Å². The minimum absolute atomic E-state index is 0.486. The first-order valence-corrected chi connectivity index (χ1v) is 8.78. The summed E-state index contributed by atoms with van der Waals surface area (Å²) in [6.45, 7) is 6.07. The molecule has 23 heavy (non-hydrogen) atoms. The van der Waals surface area contributed by atoms with Crippen LogP contribution in [-0.4, -0.2) is 18.2 Å². The number of hydrogen-bond acceptors (Lipinski definition) is 5. The van der Waals surface area contributed by atoms with Crippen molar-refractivity contribution in [1.29, 1.82) is 0 Å². The summed E-state index contributed by atoms with van der Waals surface area (Å²) in [4.78, 5) is 10.2. The highest BCUT2D eigenvalue weighted by Crippen LogP contribution is 2.36. The average Bonchev–Trinajstić information content (AvgIpc) is 2.56. The number of anilines is 1. The van der Waals surface area contributed by atoms with E-state index in [1.54, 1.807) is 11.8 Å². The van der Waals surface area contributed by atoms with Gasteiger partial charge >= 0.3 is 0 Å². The van der Waals surface area contributed by atoms with E-state index in [0.717, 1.165) is 34.1 Å². The van der Waals surface area contributed by atoms with Crippen molar-refractivity contribution in [3.05, 3.63) is 51.8 Å². The molecule has 2 rings (SSSR count). The molecule has 0 saturated heterocycles. The maximum atomic E-state index is 6.45. The fourth-order valence-electron chi connectivity index (χ4n) is 2.22. The number of pyridine rings is 1. The summed E-state index contributed by atoms with van der Waals surface area (Å²) in [7, 11) is 1.84. The Kier molecular flexibility index (Phi) is 6.45. The van der Waals surface area contributed by atoms with Crippen molar-refractivity contribution in [3.8, 4) is 0 Å². The molecule has 0 bridgehead atoms. The zero-order valence-electron chi connectivity index (χ0n) is 13.8. The molecule has 122 valence electrons. The highest BCUT2D eigenvalue weighted by atomic mass is 35.5. The quantitative estimate of drug-likeness (QED) is 0.761. The van der Waals surface area contributed by atoms with Crippen LogP contribution in [-0.2, 0) is 0 Å². The van der Waals surface area contributed by atoms with Gasteiger partial charge in [0.15, 0.2) is 5.82 Å². The molecular formula is C17H21ClN4S. The van der Waals surface area contributed by atoms with Gasteiger partial charge in [0.25, 0.3) is 0 Å². The van der Waals surface area contributed by atoms with Gasteiger partial charge in [0.05, 0.1) is 0 Å². The van der Waals surface area contributed by atoms with Gasteiger partial charge in [0, 0.05) is 29.3 Å². The van der Waals surface area contributed by atoms with Crippen LogP contribution in [0.4, 0.5) is 5.82 Å². The third kappa shape index (κ3) is 3.86. The summed E-state index contributed by atoms with van der Waals surface area (Å²) in [6, 6.07) is 2.03. The van der Waals surface area contributed by atoms with E-state index < -0.39 is 0 Å². The Morgan fingerprint density at radius 2 is 2.22 bits per heavy atom. The largest absolute Gasteiger partial charge is 0.242 e. The molecule has 1 aromatic heterocycles. The molecular weight excluding hydrogens is 328 g/mol. The number of hydrogen-bond donors (Lipinski definition) is 1. The van der Waals surface area contributed by atoms with Crippen molar-refractivity contribution in [2.75, 3.05) is 12.1 Å². The molecule has 1 aliphatic rings. The lowest BCUT2D eigenvalue weighted by Crippen LogP contribution is -2.37. The first-order valence-electron chi connectivity index (χ1n) is 7.53.